The molecule has 0 aliphatic rings. The van der Waals surface area contributed by atoms with Crippen LogP contribution in [0.3, 0.4) is 0 Å². The van der Waals surface area contributed by atoms with Crippen LogP contribution in [0.25, 0.3) is 0 Å². The lowest BCUT2D eigenvalue weighted by molar-refractivity contribution is -0.118. The van der Waals surface area contributed by atoms with Crippen molar-refractivity contribution in [2.75, 3.05) is 33.0 Å². The zero-order valence-corrected chi connectivity index (χ0v) is 21.1. The van der Waals surface area contributed by atoms with E-state index in [1.165, 1.54) is 16.7 Å². The molecule has 2 rings (SSSR count). The average molecular weight is 479 g/mol. The van der Waals surface area contributed by atoms with E-state index >= 15 is 0 Å². The van der Waals surface area contributed by atoms with Gasteiger partial charge < -0.3 is 24.7 Å². The van der Waals surface area contributed by atoms with Crippen LogP contribution in [0.15, 0.2) is 51.2 Å². The van der Waals surface area contributed by atoms with Gasteiger partial charge in [-0.3, -0.25) is 4.99 Å². The number of benzene rings is 2. The lowest BCUT2D eigenvalue weighted by Crippen LogP contribution is -2.08. The minimum atomic E-state index is -0.426. The summed E-state index contributed by atoms with van der Waals surface area (Å²) in [5.41, 5.74) is 7.16. The predicted octanol–water partition coefficient (Wildman–Crippen LogP) is 5.76. The Morgan fingerprint density at radius 1 is 1.12 bits per heavy atom. The van der Waals surface area contributed by atoms with E-state index in [1.54, 1.807) is 32.0 Å². The summed E-state index contributed by atoms with van der Waals surface area (Å²) >= 11 is 3.17. The summed E-state index contributed by atoms with van der Waals surface area (Å²) in [6.07, 6.45) is 3.46. The van der Waals surface area contributed by atoms with E-state index in [2.05, 4.69) is 25.6 Å². The van der Waals surface area contributed by atoms with E-state index < -0.39 is 6.10 Å². The van der Waals surface area contributed by atoms with Crippen LogP contribution in [-0.4, -0.2) is 46.0 Å². The summed E-state index contributed by atoms with van der Waals surface area (Å²) in [5.74, 6) is 2.39. The molecular formula is C24H34N2O4S2. The number of methoxy groups -OCH3 is 2. The number of aliphatic imine (C=N–C) groups is 1. The molecule has 6 nitrogen and oxygen atoms in total. The van der Waals surface area contributed by atoms with Gasteiger partial charge in [0.05, 0.1) is 19.9 Å². The standard InChI is InChI=1S/C14H20O2S.C10H14N2O2S/c1-11(2)8-9-16-14(10-15)12-4-6-13(17-3)7-5-12;1-12-7-4-8(13-2)9(14-3)5-10(7)15-6-11/h4-7,10-11,14H,8-9H2,1-3H3;4-5H,1,6,11H2,2-3H3. The topological polar surface area (TPSA) is 83.1 Å². The Bertz CT molecular complexity index is 829. The molecule has 0 radical (unpaired) electrons. The zero-order chi connectivity index (χ0) is 23.9. The number of hydrogen-bond acceptors (Lipinski definition) is 8. The molecule has 2 N–H and O–H groups in total. The van der Waals surface area contributed by atoms with Gasteiger partial charge in [-0.2, -0.15) is 0 Å². The van der Waals surface area contributed by atoms with Crippen molar-refractivity contribution in [1.29, 1.82) is 0 Å². The van der Waals surface area contributed by atoms with Gasteiger partial charge in [-0.1, -0.05) is 26.0 Å². The number of aldehydes is 1. The highest BCUT2D eigenvalue weighted by Crippen LogP contribution is 2.39. The van der Waals surface area contributed by atoms with Crippen molar-refractivity contribution in [3.63, 3.8) is 0 Å². The Labute approximate surface area is 200 Å². The molecule has 2 aromatic carbocycles. The number of rotatable bonds is 12. The minimum absolute atomic E-state index is 0.426. The molecule has 2 aromatic rings. The van der Waals surface area contributed by atoms with Crippen LogP contribution in [0.5, 0.6) is 11.5 Å². The second-order valence-electron chi connectivity index (χ2n) is 7.03. The number of nitrogens with two attached hydrogens (primary N) is 1. The molecule has 1 unspecified atom stereocenters. The molecule has 176 valence electrons. The fourth-order valence-corrected chi connectivity index (χ4v) is 3.67. The fourth-order valence-electron chi connectivity index (χ4n) is 2.62. The Hall–Kier alpha value is -2.00. The van der Waals surface area contributed by atoms with Crippen molar-refractivity contribution in [3.05, 3.63) is 42.0 Å². The summed E-state index contributed by atoms with van der Waals surface area (Å²) < 4.78 is 15.9. The number of hydrogen-bond donors (Lipinski definition) is 1. The lowest BCUT2D eigenvalue weighted by atomic mass is 10.1. The third-order valence-corrected chi connectivity index (χ3v) is 5.98. The van der Waals surface area contributed by atoms with Crippen molar-refractivity contribution >= 4 is 42.2 Å². The van der Waals surface area contributed by atoms with Crippen LogP contribution < -0.4 is 15.2 Å². The van der Waals surface area contributed by atoms with Crippen LogP contribution in [0.1, 0.15) is 31.9 Å². The number of thioether (sulfide) groups is 2. The number of carbonyl (C=O) groups is 1. The number of nitrogens with zero attached hydrogens (tertiary/aromatic N) is 1. The summed E-state index contributed by atoms with van der Waals surface area (Å²) in [5, 5.41) is 0. The van der Waals surface area contributed by atoms with Gasteiger partial charge in [0.25, 0.3) is 0 Å². The van der Waals surface area contributed by atoms with Crippen LogP contribution in [0.2, 0.25) is 0 Å². The molecule has 8 heteroatoms. The fraction of sp³-hybridized carbons (Fsp3) is 0.417. The van der Waals surface area contributed by atoms with Gasteiger partial charge in [-0.05, 0) is 49.1 Å². The summed E-state index contributed by atoms with van der Waals surface area (Å²) in [7, 11) is 3.18. The highest BCUT2D eigenvalue weighted by molar-refractivity contribution is 7.99. The van der Waals surface area contributed by atoms with Crippen molar-refractivity contribution in [1.82, 2.24) is 0 Å². The van der Waals surface area contributed by atoms with Gasteiger partial charge in [0.2, 0.25) is 0 Å². The van der Waals surface area contributed by atoms with Crippen LogP contribution in [0.4, 0.5) is 5.69 Å². The van der Waals surface area contributed by atoms with E-state index in [1.807, 2.05) is 36.6 Å². The first kappa shape index (κ1) is 28.0. The number of carbonyl (C=O) groups excluding carboxylic acids is 1. The molecule has 0 fully saturated rings. The quantitative estimate of drug-likeness (QED) is 0.180. The Balaban J connectivity index is 0.000000323. The first-order valence-electron chi connectivity index (χ1n) is 10.2. The third kappa shape index (κ3) is 9.24. The highest BCUT2D eigenvalue weighted by atomic mass is 32.2. The van der Waals surface area contributed by atoms with Crippen molar-refractivity contribution in [3.8, 4) is 11.5 Å². The van der Waals surface area contributed by atoms with Gasteiger partial charge in [-0.15, -0.1) is 23.5 Å². The van der Waals surface area contributed by atoms with E-state index in [0.29, 0.717) is 29.9 Å². The van der Waals surface area contributed by atoms with Gasteiger partial charge in [0, 0.05) is 28.3 Å². The zero-order valence-electron chi connectivity index (χ0n) is 19.5. The Morgan fingerprint density at radius 2 is 1.75 bits per heavy atom. The van der Waals surface area contributed by atoms with Crippen molar-refractivity contribution in [2.45, 2.75) is 36.2 Å². The molecule has 0 saturated heterocycles. The Morgan fingerprint density at radius 3 is 2.22 bits per heavy atom. The summed E-state index contributed by atoms with van der Waals surface area (Å²) in [4.78, 5) is 17.0. The van der Waals surface area contributed by atoms with Crippen molar-refractivity contribution < 1.29 is 19.0 Å². The maximum atomic E-state index is 11.0. The van der Waals surface area contributed by atoms with Crippen LogP contribution in [-0.2, 0) is 9.53 Å². The van der Waals surface area contributed by atoms with Gasteiger partial charge in [-0.25, -0.2) is 0 Å². The molecule has 0 heterocycles. The highest BCUT2D eigenvalue weighted by Gasteiger charge is 2.11. The molecule has 32 heavy (non-hydrogen) atoms. The molecule has 0 aliphatic carbocycles. The maximum absolute atomic E-state index is 11.0. The van der Waals surface area contributed by atoms with Gasteiger partial charge in [0.15, 0.2) is 17.8 Å². The lowest BCUT2D eigenvalue weighted by Gasteiger charge is -2.13. The molecular weight excluding hydrogens is 444 g/mol. The second-order valence-corrected chi connectivity index (χ2v) is 8.97. The van der Waals surface area contributed by atoms with Gasteiger partial charge in [0.1, 0.15) is 6.10 Å². The van der Waals surface area contributed by atoms with E-state index in [0.717, 1.165) is 28.9 Å². The van der Waals surface area contributed by atoms with Crippen molar-refractivity contribution in [2.24, 2.45) is 16.6 Å². The summed E-state index contributed by atoms with van der Waals surface area (Å²) in [6, 6.07) is 11.6. The van der Waals surface area contributed by atoms with Gasteiger partial charge >= 0.3 is 0 Å². The average Bonchev–Trinajstić information content (AvgIpc) is 2.82. The minimum Gasteiger partial charge on any atom is -0.493 e. The predicted molar refractivity (Wildman–Crippen MR) is 136 cm³/mol. The smallest absolute Gasteiger partial charge is 0.162 e. The van der Waals surface area contributed by atoms with E-state index in [-0.39, 0.29) is 0 Å². The summed E-state index contributed by atoms with van der Waals surface area (Å²) in [6.45, 7) is 8.43. The second kappa shape index (κ2) is 15.7. The molecule has 0 spiro atoms. The molecule has 0 amide bonds. The van der Waals surface area contributed by atoms with E-state index in [4.69, 9.17) is 19.9 Å². The first-order valence-corrected chi connectivity index (χ1v) is 12.4. The van der Waals surface area contributed by atoms with Crippen LogP contribution in [0, 0.1) is 5.92 Å². The molecule has 0 aliphatic heterocycles. The normalized spacial score (nSPS) is 11.3. The molecule has 0 saturated carbocycles. The Kier molecular flexibility index (Phi) is 13.8. The molecule has 0 bridgehead atoms. The monoisotopic (exact) mass is 478 g/mol. The maximum Gasteiger partial charge on any atom is 0.162 e. The molecule has 1 atom stereocenters. The van der Waals surface area contributed by atoms with E-state index in [9.17, 15) is 4.79 Å². The molecule has 0 aromatic heterocycles. The largest absolute Gasteiger partial charge is 0.493 e. The SMILES string of the molecule is C=Nc1cc(OC)c(OC)cc1SCN.CSc1ccc(C(C=O)OCCC(C)C)cc1. The first-order chi connectivity index (χ1) is 15.4. The van der Waals surface area contributed by atoms with Crippen LogP contribution >= 0.6 is 23.5 Å². The third-order valence-electron chi connectivity index (χ3n) is 4.43. The number of ether oxygens (including phenoxy) is 3.